The van der Waals surface area contributed by atoms with Gasteiger partial charge in [0.05, 0.1) is 6.10 Å². The molecular weight excluding hydrogens is 226 g/mol. The van der Waals surface area contributed by atoms with Gasteiger partial charge < -0.3 is 14.9 Å². The summed E-state index contributed by atoms with van der Waals surface area (Å²) < 4.78 is 11.6. The Morgan fingerprint density at radius 2 is 1.94 bits per heavy atom. The SMILES string of the molecule is CC(C)C(C)OCc1oc2ccccc2c1CN. The summed E-state index contributed by atoms with van der Waals surface area (Å²) in [7, 11) is 0. The van der Waals surface area contributed by atoms with Crippen molar-refractivity contribution in [1.29, 1.82) is 0 Å². The first-order valence-corrected chi connectivity index (χ1v) is 6.44. The van der Waals surface area contributed by atoms with Crippen LogP contribution in [0.4, 0.5) is 0 Å². The van der Waals surface area contributed by atoms with E-state index in [1.54, 1.807) is 0 Å². The lowest BCUT2D eigenvalue weighted by atomic mass is 10.1. The molecule has 3 heteroatoms. The van der Waals surface area contributed by atoms with Gasteiger partial charge in [-0.1, -0.05) is 32.0 Å². The molecule has 0 aliphatic rings. The lowest BCUT2D eigenvalue weighted by Gasteiger charge is -2.15. The van der Waals surface area contributed by atoms with Crippen molar-refractivity contribution in [2.45, 2.75) is 40.0 Å². The van der Waals surface area contributed by atoms with E-state index in [0.717, 1.165) is 22.3 Å². The normalized spacial score (nSPS) is 13.4. The van der Waals surface area contributed by atoms with Gasteiger partial charge in [0.1, 0.15) is 18.0 Å². The van der Waals surface area contributed by atoms with Gasteiger partial charge in [-0.2, -0.15) is 0 Å². The van der Waals surface area contributed by atoms with Crippen LogP contribution in [0.15, 0.2) is 28.7 Å². The number of furan rings is 1. The Kier molecular flexibility index (Phi) is 4.04. The summed E-state index contributed by atoms with van der Waals surface area (Å²) in [6, 6.07) is 7.96. The largest absolute Gasteiger partial charge is 0.458 e. The Hall–Kier alpha value is -1.32. The summed E-state index contributed by atoms with van der Waals surface area (Å²) >= 11 is 0. The highest BCUT2D eigenvalue weighted by molar-refractivity contribution is 5.82. The Morgan fingerprint density at radius 3 is 2.61 bits per heavy atom. The van der Waals surface area contributed by atoms with Crippen molar-refractivity contribution in [2.75, 3.05) is 0 Å². The van der Waals surface area contributed by atoms with Crippen molar-refractivity contribution >= 4 is 11.0 Å². The van der Waals surface area contributed by atoms with Crippen LogP contribution >= 0.6 is 0 Å². The van der Waals surface area contributed by atoms with E-state index in [1.807, 2.05) is 24.3 Å². The first-order chi connectivity index (χ1) is 8.63. The van der Waals surface area contributed by atoms with Gasteiger partial charge in [-0.3, -0.25) is 0 Å². The number of benzene rings is 1. The van der Waals surface area contributed by atoms with Crippen molar-refractivity contribution in [3.8, 4) is 0 Å². The average Bonchev–Trinajstić information content (AvgIpc) is 2.73. The molecule has 1 heterocycles. The van der Waals surface area contributed by atoms with E-state index in [4.69, 9.17) is 14.9 Å². The molecular formula is C15H21NO2. The van der Waals surface area contributed by atoms with Crippen LogP contribution in [0.3, 0.4) is 0 Å². The molecule has 18 heavy (non-hydrogen) atoms. The predicted octanol–water partition coefficient (Wildman–Crippen LogP) is 3.45. The van der Waals surface area contributed by atoms with Crippen molar-refractivity contribution in [1.82, 2.24) is 0 Å². The maximum Gasteiger partial charge on any atom is 0.135 e. The Labute approximate surface area is 108 Å². The average molecular weight is 247 g/mol. The number of nitrogens with two attached hydrogens (primary N) is 1. The second kappa shape index (κ2) is 5.55. The second-order valence-corrected chi connectivity index (χ2v) is 4.96. The van der Waals surface area contributed by atoms with E-state index < -0.39 is 0 Å². The quantitative estimate of drug-likeness (QED) is 0.880. The van der Waals surface area contributed by atoms with E-state index in [-0.39, 0.29) is 6.10 Å². The molecule has 0 amide bonds. The van der Waals surface area contributed by atoms with Crippen LogP contribution in [0.5, 0.6) is 0 Å². The van der Waals surface area contributed by atoms with Crippen molar-refractivity contribution in [3.05, 3.63) is 35.6 Å². The van der Waals surface area contributed by atoms with Gasteiger partial charge in [0.2, 0.25) is 0 Å². The van der Waals surface area contributed by atoms with Crippen molar-refractivity contribution in [3.63, 3.8) is 0 Å². The zero-order chi connectivity index (χ0) is 13.1. The zero-order valence-electron chi connectivity index (χ0n) is 11.3. The number of hydrogen-bond acceptors (Lipinski definition) is 3. The summed E-state index contributed by atoms with van der Waals surface area (Å²) in [4.78, 5) is 0. The van der Waals surface area contributed by atoms with E-state index in [0.29, 0.717) is 19.1 Å². The fourth-order valence-corrected chi connectivity index (χ4v) is 1.89. The monoisotopic (exact) mass is 247 g/mol. The highest BCUT2D eigenvalue weighted by Gasteiger charge is 2.14. The fraction of sp³-hybridized carbons (Fsp3) is 0.467. The maximum absolute atomic E-state index is 5.82. The smallest absolute Gasteiger partial charge is 0.135 e. The molecule has 0 aliphatic carbocycles. The summed E-state index contributed by atoms with van der Waals surface area (Å²) in [5.41, 5.74) is 7.75. The third kappa shape index (κ3) is 2.57. The van der Waals surface area contributed by atoms with E-state index in [9.17, 15) is 0 Å². The molecule has 0 saturated heterocycles. The second-order valence-electron chi connectivity index (χ2n) is 4.96. The molecule has 3 nitrogen and oxygen atoms in total. The highest BCUT2D eigenvalue weighted by atomic mass is 16.5. The number of ether oxygens (including phenoxy) is 1. The molecule has 0 fully saturated rings. The van der Waals surface area contributed by atoms with Crippen LogP contribution in [-0.4, -0.2) is 6.10 Å². The molecule has 1 aromatic carbocycles. The highest BCUT2D eigenvalue weighted by Crippen LogP contribution is 2.26. The Bertz CT molecular complexity index is 516. The molecule has 2 aromatic rings. The minimum Gasteiger partial charge on any atom is -0.458 e. The molecule has 0 bridgehead atoms. The van der Waals surface area contributed by atoms with Crippen LogP contribution in [0.2, 0.25) is 0 Å². The van der Waals surface area contributed by atoms with Gasteiger partial charge in [0.25, 0.3) is 0 Å². The number of rotatable bonds is 5. The molecule has 0 aliphatic heterocycles. The molecule has 0 radical (unpaired) electrons. The number of hydrogen-bond donors (Lipinski definition) is 1. The van der Waals surface area contributed by atoms with E-state index in [2.05, 4.69) is 20.8 Å². The van der Waals surface area contributed by atoms with Gasteiger partial charge in [0, 0.05) is 17.5 Å². The molecule has 2 N–H and O–H groups in total. The standard InChI is InChI=1S/C15H21NO2/c1-10(2)11(3)17-9-15-13(8-16)12-6-4-5-7-14(12)18-15/h4-7,10-11H,8-9,16H2,1-3H3. The van der Waals surface area contributed by atoms with Crippen molar-refractivity contribution in [2.24, 2.45) is 11.7 Å². The molecule has 2 rings (SSSR count). The van der Waals surface area contributed by atoms with Gasteiger partial charge in [-0.25, -0.2) is 0 Å². The first kappa shape index (κ1) is 13.1. The maximum atomic E-state index is 5.82. The number of fused-ring (bicyclic) bond motifs is 1. The van der Waals surface area contributed by atoms with Crippen LogP contribution in [0.25, 0.3) is 11.0 Å². The minimum atomic E-state index is 0.212. The van der Waals surface area contributed by atoms with Crippen LogP contribution in [0, 0.1) is 5.92 Å². The fourth-order valence-electron chi connectivity index (χ4n) is 1.89. The van der Waals surface area contributed by atoms with Gasteiger partial charge >= 0.3 is 0 Å². The molecule has 0 saturated carbocycles. The number of para-hydroxylation sites is 1. The lowest BCUT2D eigenvalue weighted by molar-refractivity contribution is 0.0151. The third-order valence-electron chi connectivity index (χ3n) is 3.40. The van der Waals surface area contributed by atoms with E-state index in [1.165, 1.54) is 0 Å². The minimum absolute atomic E-state index is 0.212. The summed E-state index contributed by atoms with van der Waals surface area (Å²) in [6.45, 7) is 7.34. The summed E-state index contributed by atoms with van der Waals surface area (Å²) in [6.07, 6.45) is 0.212. The molecule has 1 unspecified atom stereocenters. The Balaban J connectivity index is 2.22. The predicted molar refractivity (Wildman–Crippen MR) is 73.2 cm³/mol. The Morgan fingerprint density at radius 1 is 1.22 bits per heavy atom. The van der Waals surface area contributed by atoms with Gasteiger partial charge in [0.15, 0.2) is 0 Å². The summed E-state index contributed by atoms with van der Waals surface area (Å²) in [5.74, 6) is 1.35. The third-order valence-corrected chi connectivity index (χ3v) is 3.40. The van der Waals surface area contributed by atoms with E-state index >= 15 is 0 Å². The van der Waals surface area contributed by atoms with Crippen LogP contribution in [-0.2, 0) is 17.9 Å². The first-order valence-electron chi connectivity index (χ1n) is 6.44. The van der Waals surface area contributed by atoms with Gasteiger partial charge in [-0.05, 0) is 18.9 Å². The molecule has 0 spiro atoms. The zero-order valence-corrected chi connectivity index (χ0v) is 11.3. The summed E-state index contributed by atoms with van der Waals surface area (Å²) in [5, 5.41) is 1.09. The molecule has 1 atom stereocenters. The van der Waals surface area contributed by atoms with Gasteiger partial charge in [-0.15, -0.1) is 0 Å². The molecule has 1 aromatic heterocycles. The van der Waals surface area contributed by atoms with Crippen molar-refractivity contribution < 1.29 is 9.15 Å². The topological polar surface area (TPSA) is 48.4 Å². The lowest BCUT2D eigenvalue weighted by Crippen LogP contribution is -2.15. The molecule has 98 valence electrons. The van der Waals surface area contributed by atoms with Crippen LogP contribution < -0.4 is 5.73 Å². The van der Waals surface area contributed by atoms with Crippen LogP contribution in [0.1, 0.15) is 32.1 Å².